The summed E-state index contributed by atoms with van der Waals surface area (Å²) in [5.41, 5.74) is 4.32. The summed E-state index contributed by atoms with van der Waals surface area (Å²) in [6.07, 6.45) is 0.726. The standard InChI is InChI=1S/C21H28N2O3S/c1-6-20(19-12-9-16(3)13-17(19)4)22-21(24)14-23(5)27(25,26)18-10-7-15(2)8-11-18/h7-13,20H,6,14H2,1-5H3,(H,22,24)/t20-/m1/s1. The van der Waals surface area contributed by atoms with Crippen LogP contribution < -0.4 is 5.32 Å². The van der Waals surface area contributed by atoms with Crippen molar-refractivity contribution in [1.29, 1.82) is 0 Å². The molecule has 0 radical (unpaired) electrons. The van der Waals surface area contributed by atoms with Crippen molar-refractivity contribution in [1.82, 2.24) is 9.62 Å². The molecule has 6 heteroatoms. The van der Waals surface area contributed by atoms with Gasteiger partial charge in [0.1, 0.15) is 0 Å². The van der Waals surface area contributed by atoms with E-state index in [-0.39, 0.29) is 23.4 Å². The highest BCUT2D eigenvalue weighted by Crippen LogP contribution is 2.22. The fourth-order valence-electron chi connectivity index (χ4n) is 3.03. The van der Waals surface area contributed by atoms with E-state index in [0.717, 1.165) is 27.4 Å². The Morgan fingerprint density at radius 2 is 1.63 bits per heavy atom. The second-order valence-corrected chi connectivity index (χ2v) is 9.01. The molecule has 1 amide bonds. The molecule has 1 N–H and O–H groups in total. The van der Waals surface area contributed by atoms with Crippen LogP contribution in [-0.2, 0) is 14.8 Å². The van der Waals surface area contributed by atoms with Crippen molar-refractivity contribution in [3.63, 3.8) is 0 Å². The van der Waals surface area contributed by atoms with Gasteiger partial charge in [0.2, 0.25) is 15.9 Å². The highest BCUT2D eigenvalue weighted by molar-refractivity contribution is 7.89. The van der Waals surface area contributed by atoms with Crippen LogP contribution in [0.25, 0.3) is 0 Å². The molecule has 0 aliphatic heterocycles. The fourth-order valence-corrected chi connectivity index (χ4v) is 4.16. The van der Waals surface area contributed by atoms with E-state index in [1.54, 1.807) is 24.3 Å². The lowest BCUT2D eigenvalue weighted by Crippen LogP contribution is -2.39. The van der Waals surface area contributed by atoms with Gasteiger partial charge in [-0.25, -0.2) is 8.42 Å². The van der Waals surface area contributed by atoms with Gasteiger partial charge in [-0.15, -0.1) is 0 Å². The minimum atomic E-state index is -3.70. The lowest BCUT2D eigenvalue weighted by molar-refractivity contribution is -0.121. The zero-order valence-corrected chi connectivity index (χ0v) is 17.4. The van der Waals surface area contributed by atoms with E-state index in [4.69, 9.17) is 0 Å². The molecular weight excluding hydrogens is 360 g/mol. The third-order valence-corrected chi connectivity index (χ3v) is 6.46. The molecule has 2 aromatic carbocycles. The number of benzene rings is 2. The van der Waals surface area contributed by atoms with Crippen molar-refractivity contribution in [2.45, 2.75) is 45.1 Å². The molecule has 27 heavy (non-hydrogen) atoms. The van der Waals surface area contributed by atoms with Crippen LogP contribution >= 0.6 is 0 Å². The number of amides is 1. The van der Waals surface area contributed by atoms with Crippen LogP contribution in [0.3, 0.4) is 0 Å². The maximum absolute atomic E-state index is 12.6. The number of aryl methyl sites for hydroxylation is 3. The quantitative estimate of drug-likeness (QED) is 0.789. The highest BCUT2D eigenvalue weighted by Gasteiger charge is 2.24. The normalized spacial score (nSPS) is 12.8. The van der Waals surface area contributed by atoms with E-state index in [1.165, 1.54) is 12.6 Å². The van der Waals surface area contributed by atoms with E-state index >= 15 is 0 Å². The Kier molecular flexibility index (Phi) is 6.78. The molecule has 0 aromatic heterocycles. The van der Waals surface area contributed by atoms with Gasteiger partial charge >= 0.3 is 0 Å². The van der Waals surface area contributed by atoms with Crippen LogP contribution in [0.15, 0.2) is 47.4 Å². The summed E-state index contributed by atoms with van der Waals surface area (Å²) in [7, 11) is -2.28. The van der Waals surface area contributed by atoms with E-state index in [9.17, 15) is 13.2 Å². The number of likely N-dealkylation sites (N-methyl/N-ethyl adjacent to an activating group) is 1. The third kappa shape index (κ3) is 5.17. The lowest BCUT2D eigenvalue weighted by Gasteiger charge is -2.22. The Balaban J connectivity index is 2.10. The Bertz CT molecular complexity index is 906. The first-order valence-corrected chi connectivity index (χ1v) is 10.5. The summed E-state index contributed by atoms with van der Waals surface area (Å²) in [5.74, 6) is -0.319. The maximum Gasteiger partial charge on any atom is 0.243 e. The summed E-state index contributed by atoms with van der Waals surface area (Å²) in [6.45, 7) is 7.71. The van der Waals surface area contributed by atoms with Crippen molar-refractivity contribution in [3.8, 4) is 0 Å². The summed E-state index contributed by atoms with van der Waals surface area (Å²) >= 11 is 0. The number of carbonyl (C=O) groups excluding carboxylic acids is 1. The van der Waals surface area contributed by atoms with Gasteiger partial charge in [-0.3, -0.25) is 4.79 Å². The van der Waals surface area contributed by atoms with E-state index in [2.05, 4.69) is 11.4 Å². The van der Waals surface area contributed by atoms with E-state index < -0.39 is 10.0 Å². The van der Waals surface area contributed by atoms with Gasteiger partial charge in [0.05, 0.1) is 17.5 Å². The van der Waals surface area contributed by atoms with Crippen LogP contribution in [0.2, 0.25) is 0 Å². The predicted octanol–water partition coefficient (Wildman–Crippen LogP) is 3.50. The highest BCUT2D eigenvalue weighted by atomic mass is 32.2. The minimum Gasteiger partial charge on any atom is -0.348 e. The minimum absolute atomic E-state index is 0.145. The van der Waals surface area contributed by atoms with Crippen molar-refractivity contribution in [3.05, 3.63) is 64.7 Å². The molecule has 2 rings (SSSR count). The first-order chi connectivity index (χ1) is 12.6. The Labute approximate surface area is 162 Å². The van der Waals surface area contributed by atoms with Gasteiger partial charge in [0.15, 0.2) is 0 Å². The monoisotopic (exact) mass is 388 g/mol. The Hall–Kier alpha value is -2.18. The van der Waals surface area contributed by atoms with Gasteiger partial charge in [-0.1, -0.05) is 48.4 Å². The number of rotatable bonds is 7. The van der Waals surface area contributed by atoms with Gasteiger partial charge in [-0.2, -0.15) is 4.31 Å². The van der Waals surface area contributed by atoms with E-state index in [0.29, 0.717) is 0 Å². The zero-order valence-electron chi connectivity index (χ0n) is 16.6. The lowest BCUT2D eigenvalue weighted by atomic mass is 9.97. The predicted molar refractivity (Wildman–Crippen MR) is 108 cm³/mol. The molecule has 0 heterocycles. The average molecular weight is 389 g/mol. The number of sulfonamides is 1. The van der Waals surface area contributed by atoms with Crippen LogP contribution in [0.5, 0.6) is 0 Å². The molecule has 0 aliphatic rings. The van der Waals surface area contributed by atoms with Crippen molar-refractivity contribution in [2.75, 3.05) is 13.6 Å². The van der Waals surface area contributed by atoms with Crippen molar-refractivity contribution in [2.24, 2.45) is 0 Å². The molecule has 0 saturated carbocycles. The molecule has 0 unspecified atom stereocenters. The summed E-state index contributed by atoms with van der Waals surface area (Å²) in [5, 5.41) is 2.96. The molecule has 0 saturated heterocycles. The number of nitrogens with zero attached hydrogens (tertiary/aromatic N) is 1. The van der Waals surface area contributed by atoms with E-state index in [1.807, 2.05) is 39.8 Å². The fraction of sp³-hybridized carbons (Fsp3) is 0.381. The summed E-state index contributed by atoms with van der Waals surface area (Å²) in [6, 6.07) is 12.6. The topological polar surface area (TPSA) is 66.5 Å². The molecule has 0 aliphatic carbocycles. The third-order valence-electron chi connectivity index (χ3n) is 4.64. The smallest absolute Gasteiger partial charge is 0.243 e. The first-order valence-electron chi connectivity index (χ1n) is 9.04. The van der Waals surface area contributed by atoms with Gasteiger partial charge in [-0.05, 0) is 50.5 Å². The SMILES string of the molecule is CC[C@@H](NC(=O)CN(C)S(=O)(=O)c1ccc(C)cc1)c1ccc(C)cc1C. The first kappa shape index (κ1) is 21.1. The van der Waals surface area contributed by atoms with Crippen LogP contribution in [0.1, 0.15) is 41.6 Å². The van der Waals surface area contributed by atoms with Crippen molar-refractivity contribution >= 4 is 15.9 Å². The molecule has 146 valence electrons. The number of hydrogen-bond donors (Lipinski definition) is 1. The second kappa shape index (κ2) is 8.67. The number of hydrogen-bond acceptors (Lipinski definition) is 3. The summed E-state index contributed by atoms with van der Waals surface area (Å²) < 4.78 is 26.4. The molecule has 0 bridgehead atoms. The number of carbonyl (C=O) groups is 1. The molecule has 5 nitrogen and oxygen atoms in total. The summed E-state index contributed by atoms with van der Waals surface area (Å²) in [4.78, 5) is 12.7. The maximum atomic E-state index is 12.6. The van der Waals surface area contributed by atoms with Crippen molar-refractivity contribution < 1.29 is 13.2 Å². The average Bonchev–Trinajstić information content (AvgIpc) is 2.60. The van der Waals surface area contributed by atoms with Crippen LogP contribution in [-0.4, -0.2) is 32.2 Å². The largest absolute Gasteiger partial charge is 0.348 e. The molecular formula is C21H28N2O3S. The van der Waals surface area contributed by atoms with Gasteiger partial charge < -0.3 is 5.32 Å². The Morgan fingerprint density at radius 1 is 1.04 bits per heavy atom. The Morgan fingerprint density at radius 3 is 2.19 bits per heavy atom. The number of nitrogens with one attached hydrogen (secondary N) is 1. The van der Waals surface area contributed by atoms with Crippen LogP contribution in [0.4, 0.5) is 0 Å². The molecule has 1 atom stereocenters. The van der Waals surface area contributed by atoms with Gasteiger partial charge in [0.25, 0.3) is 0 Å². The second-order valence-electron chi connectivity index (χ2n) is 6.96. The molecule has 0 fully saturated rings. The van der Waals surface area contributed by atoms with Crippen LogP contribution in [0, 0.1) is 20.8 Å². The van der Waals surface area contributed by atoms with Gasteiger partial charge in [0, 0.05) is 7.05 Å². The zero-order chi connectivity index (χ0) is 20.2. The molecule has 0 spiro atoms. The molecule has 2 aromatic rings.